The molecule has 36 heavy (non-hydrogen) atoms. The summed E-state index contributed by atoms with van der Waals surface area (Å²) in [5.74, 6) is 0. The highest BCUT2D eigenvalue weighted by molar-refractivity contribution is 7.86. The Balaban J connectivity index is 1.47. The molecule has 7 nitrogen and oxygen atoms in total. The van der Waals surface area contributed by atoms with E-state index < -0.39 is 10.2 Å². The number of nitrogens with zero attached hydrogens (tertiary/aromatic N) is 4. The number of H-pyrrole nitrogens is 1. The summed E-state index contributed by atoms with van der Waals surface area (Å²) < 4.78 is 31.4. The molecule has 1 fully saturated rings. The summed E-state index contributed by atoms with van der Waals surface area (Å²) in [6, 6.07) is 18.7. The predicted octanol–water partition coefficient (Wildman–Crippen LogP) is 4.60. The third-order valence-corrected chi connectivity index (χ3v) is 9.68. The second kappa shape index (κ2) is 10.4. The van der Waals surface area contributed by atoms with Crippen LogP contribution >= 0.6 is 0 Å². The minimum atomic E-state index is -3.58. The summed E-state index contributed by atoms with van der Waals surface area (Å²) in [5.41, 5.74) is 4.62. The SMILES string of the molecule is CC1(C)CCN(S(=O)(=O)N2Cc3ccccc3N(Cc3cnc[nH]3)[C@H](CCc3ccccc3)C2)CC1. The molecule has 192 valence electrons. The number of rotatable bonds is 7. The van der Waals surface area contributed by atoms with Crippen LogP contribution < -0.4 is 4.90 Å². The second-order valence-electron chi connectivity index (χ2n) is 10.9. The second-order valence-corrected chi connectivity index (χ2v) is 12.8. The molecule has 0 bridgehead atoms. The third kappa shape index (κ3) is 5.51. The van der Waals surface area contributed by atoms with E-state index in [1.807, 2.05) is 24.4 Å². The first-order valence-electron chi connectivity index (χ1n) is 12.9. The molecule has 2 aromatic carbocycles. The minimum Gasteiger partial charge on any atom is -0.361 e. The lowest BCUT2D eigenvalue weighted by molar-refractivity contribution is 0.185. The number of benzene rings is 2. The molecule has 1 aromatic heterocycles. The Morgan fingerprint density at radius 2 is 1.72 bits per heavy atom. The van der Waals surface area contributed by atoms with Gasteiger partial charge in [0, 0.05) is 44.1 Å². The maximum Gasteiger partial charge on any atom is 0.282 e. The third-order valence-electron chi connectivity index (χ3n) is 7.74. The first kappa shape index (κ1) is 25.0. The molecule has 1 N–H and O–H groups in total. The molecule has 0 amide bonds. The largest absolute Gasteiger partial charge is 0.361 e. The van der Waals surface area contributed by atoms with E-state index in [2.05, 4.69) is 65.1 Å². The van der Waals surface area contributed by atoms with E-state index in [1.54, 1.807) is 14.9 Å². The van der Waals surface area contributed by atoms with Crippen molar-refractivity contribution in [1.29, 1.82) is 0 Å². The fraction of sp³-hybridized carbons (Fsp3) is 0.464. The number of piperidine rings is 1. The van der Waals surface area contributed by atoms with E-state index in [0.717, 1.165) is 42.6 Å². The van der Waals surface area contributed by atoms with Gasteiger partial charge < -0.3 is 9.88 Å². The van der Waals surface area contributed by atoms with Crippen LogP contribution in [0.2, 0.25) is 0 Å². The lowest BCUT2D eigenvalue weighted by atomic mass is 9.83. The summed E-state index contributed by atoms with van der Waals surface area (Å²) in [4.78, 5) is 9.83. The first-order chi connectivity index (χ1) is 17.3. The molecule has 2 aliphatic heterocycles. The van der Waals surface area contributed by atoms with Gasteiger partial charge in [0.15, 0.2) is 0 Å². The van der Waals surface area contributed by atoms with E-state index >= 15 is 0 Å². The van der Waals surface area contributed by atoms with Crippen molar-refractivity contribution in [3.63, 3.8) is 0 Å². The number of aromatic nitrogens is 2. The van der Waals surface area contributed by atoms with Crippen LogP contribution in [-0.2, 0) is 29.7 Å². The van der Waals surface area contributed by atoms with Crippen LogP contribution in [-0.4, -0.2) is 52.7 Å². The fourth-order valence-electron chi connectivity index (χ4n) is 5.36. The normalized spacial score (nSPS) is 21.2. The number of hydrogen-bond donors (Lipinski definition) is 1. The maximum absolute atomic E-state index is 14.0. The van der Waals surface area contributed by atoms with E-state index in [-0.39, 0.29) is 11.5 Å². The quantitative estimate of drug-likeness (QED) is 0.507. The molecule has 0 unspecified atom stereocenters. The van der Waals surface area contributed by atoms with E-state index in [0.29, 0.717) is 32.7 Å². The van der Waals surface area contributed by atoms with Crippen LogP contribution in [0.1, 0.15) is 49.9 Å². The summed E-state index contributed by atoms with van der Waals surface area (Å²) >= 11 is 0. The predicted molar refractivity (Wildman–Crippen MR) is 144 cm³/mol. The summed E-state index contributed by atoms with van der Waals surface area (Å²) in [6.45, 7) is 7.12. The Bertz CT molecular complexity index is 1230. The highest BCUT2D eigenvalue weighted by Crippen LogP contribution is 2.35. The molecule has 5 rings (SSSR count). The average Bonchev–Trinajstić information content (AvgIpc) is 3.33. The highest BCUT2D eigenvalue weighted by atomic mass is 32.2. The van der Waals surface area contributed by atoms with Crippen LogP contribution in [0.5, 0.6) is 0 Å². The monoisotopic (exact) mass is 507 g/mol. The minimum absolute atomic E-state index is 0.0214. The van der Waals surface area contributed by atoms with Crippen molar-refractivity contribution in [3.8, 4) is 0 Å². The van der Waals surface area contributed by atoms with Crippen molar-refractivity contribution in [2.75, 3.05) is 24.5 Å². The summed E-state index contributed by atoms with van der Waals surface area (Å²) in [7, 11) is -3.58. The van der Waals surface area contributed by atoms with Gasteiger partial charge in [-0.3, -0.25) is 0 Å². The van der Waals surface area contributed by atoms with Crippen LogP contribution in [0.25, 0.3) is 0 Å². The highest BCUT2D eigenvalue weighted by Gasteiger charge is 2.39. The number of hydrogen-bond acceptors (Lipinski definition) is 4. The number of anilines is 1. The van der Waals surface area contributed by atoms with Crippen molar-refractivity contribution in [2.45, 2.75) is 58.7 Å². The number of para-hydroxylation sites is 1. The Morgan fingerprint density at radius 3 is 2.44 bits per heavy atom. The summed E-state index contributed by atoms with van der Waals surface area (Å²) in [6.07, 6.45) is 7.07. The topological polar surface area (TPSA) is 72.5 Å². The smallest absolute Gasteiger partial charge is 0.282 e. The maximum atomic E-state index is 14.0. The molecule has 0 aliphatic carbocycles. The molecule has 2 aliphatic rings. The molecule has 3 aromatic rings. The number of imidazole rings is 1. The van der Waals surface area contributed by atoms with Crippen molar-refractivity contribution < 1.29 is 8.42 Å². The van der Waals surface area contributed by atoms with Gasteiger partial charge in [0.1, 0.15) is 0 Å². The zero-order valence-corrected chi connectivity index (χ0v) is 22.1. The van der Waals surface area contributed by atoms with Crippen molar-refractivity contribution in [3.05, 3.63) is 83.9 Å². The lowest BCUT2D eigenvalue weighted by Gasteiger charge is -2.39. The lowest BCUT2D eigenvalue weighted by Crippen LogP contribution is -2.51. The Kier molecular flexibility index (Phi) is 7.19. The molecular weight excluding hydrogens is 470 g/mol. The average molecular weight is 508 g/mol. The Morgan fingerprint density at radius 1 is 1.00 bits per heavy atom. The molecule has 3 heterocycles. The van der Waals surface area contributed by atoms with Gasteiger partial charge in [-0.2, -0.15) is 17.0 Å². The van der Waals surface area contributed by atoms with Gasteiger partial charge in [-0.05, 0) is 48.3 Å². The zero-order valence-electron chi connectivity index (χ0n) is 21.3. The molecule has 0 spiro atoms. The standard InChI is InChI=1S/C28H37N5O2S/c1-28(2)14-16-31(17-15-28)36(34,35)32-19-24-10-6-7-11-27(24)33(20-25-18-29-22-30-25)26(21-32)13-12-23-8-4-3-5-9-23/h3-11,18,22,26H,12-17,19-21H2,1-2H3,(H,29,30)/t26-/m1/s1. The van der Waals surface area contributed by atoms with Gasteiger partial charge >= 0.3 is 0 Å². The van der Waals surface area contributed by atoms with Gasteiger partial charge in [0.2, 0.25) is 0 Å². The van der Waals surface area contributed by atoms with Crippen molar-refractivity contribution in [1.82, 2.24) is 18.6 Å². The van der Waals surface area contributed by atoms with Gasteiger partial charge in [-0.25, -0.2) is 4.98 Å². The number of aromatic amines is 1. The van der Waals surface area contributed by atoms with E-state index in [9.17, 15) is 8.42 Å². The Labute approximate surface area is 215 Å². The molecule has 8 heteroatoms. The number of aryl methyl sites for hydroxylation is 1. The van der Waals surface area contributed by atoms with E-state index in [1.165, 1.54) is 5.56 Å². The van der Waals surface area contributed by atoms with Crippen LogP contribution in [0.3, 0.4) is 0 Å². The van der Waals surface area contributed by atoms with Crippen LogP contribution in [0.4, 0.5) is 5.69 Å². The number of fused-ring (bicyclic) bond motifs is 1. The zero-order chi connectivity index (χ0) is 25.2. The van der Waals surface area contributed by atoms with E-state index in [4.69, 9.17) is 0 Å². The fourth-order valence-corrected chi connectivity index (χ4v) is 7.00. The molecular formula is C28H37N5O2S. The Hall–Kier alpha value is -2.68. The number of nitrogens with one attached hydrogen (secondary N) is 1. The summed E-state index contributed by atoms with van der Waals surface area (Å²) in [5, 5.41) is 0. The van der Waals surface area contributed by atoms with Gasteiger partial charge in [-0.15, -0.1) is 0 Å². The molecule has 0 saturated carbocycles. The van der Waals surface area contributed by atoms with Gasteiger partial charge in [0.25, 0.3) is 10.2 Å². The molecule has 0 radical (unpaired) electrons. The van der Waals surface area contributed by atoms with Crippen molar-refractivity contribution in [2.24, 2.45) is 5.41 Å². The molecule has 1 atom stereocenters. The first-order valence-corrected chi connectivity index (χ1v) is 14.3. The van der Waals surface area contributed by atoms with Gasteiger partial charge in [0.05, 0.1) is 18.6 Å². The van der Waals surface area contributed by atoms with Crippen molar-refractivity contribution >= 4 is 15.9 Å². The van der Waals surface area contributed by atoms with Gasteiger partial charge in [-0.1, -0.05) is 62.4 Å². The van der Waals surface area contributed by atoms with Crippen LogP contribution in [0.15, 0.2) is 67.1 Å². The van der Waals surface area contributed by atoms with Crippen LogP contribution in [0, 0.1) is 5.41 Å². The molecule has 1 saturated heterocycles.